The first-order valence-electron chi connectivity index (χ1n) is 6.08. The molecule has 0 aliphatic heterocycles. The Balaban J connectivity index is 2.16. The maximum atomic E-state index is 13.2. The number of amides is 1. The van der Waals surface area contributed by atoms with Gasteiger partial charge in [-0.05, 0) is 31.2 Å². The Kier molecular flexibility index (Phi) is 4.05. The number of aryl methyl sites for hydroxylation is 1. The summed E-state index contributed by atoms with van der Waals surface area (Å²) in [4.78, 5) is 13.3. The van der Waals surface area contributed by atoms with Crippen LogP contribution in [0.25, 0.3) is 0 Å². The summed E-state index contributed by atoms with van der Waals surface area (Å²) in [6.07, 6.45) is 0. The van der Waals surface area contributed by atoms with Crippen LogP contribution in [-0.4, -0.2) is 13.0 Å². The van der Waals surface area contributed by atoms with Crippen molar-refractivity contribution >= 4 is 11.6 Å². The Labute approximate surface area is 116 Å². The standard InChI is InChI=1S/C14H16FN3O2/c1-9-6-12(20-13(9)14(19)17-16)8-18(2)11-5-3-4-10(15)7-11/h3-7H,8,16H2,1-2H3,(H,17,19). The van der Waals surface area contributed by atoms with Crippen LogP contribution in [0.5, 0.6) is 0 Å². The average molecular weight is 277 g/mol. The molecule has 0 atom stereocenters. The number of nitrogens with zero attached hydrogens (tertiary/aromatic N) is 1. The summed E-state index contributed by atoms with van der Waals surface area (Å²) < 4.78 is 18.6. The first kappa shape index (κ1) is 14.1. The number of nitrogen functional groups attached to an aromatic ring is 1. The Hall–Kier alpha value is -2.34. The fourth-order valence-electron chi connectivity index (χ4n) is 1.96. The lowest BCUT2D eigenvalue weighted by molar-refractivity contribution is 0.0923. The normalized spacial score (nSPS) is 10.4. The Morgan fingerprint density at radius 1 is 1.45 bits per heavy atom. The van der Waals surface area contributed by atoms with Gasteiger partial charge in [0, 0.05) is 18.3 Å². The molecule has 2 aromatic rings. The van der Waals surface area contributed by atoms with Gasteiger partial charge in [-0.15, -0.1) is 0 Å². The van der Waals surface area contributed by atoms with Gasteiger partial charge >= 0.3 is 5.91 Å². The minimum absolute atomic E-state index is 0.190. The highest BCUT2D eigenvalue weighted by Gasteiger charge is 2.15. The fourth-order valence-corrected chi connectivity index (χ4v) is 1.96. The van der Waals surface area contributed by atoms with Crippen LogP contribution in [0, 0.1) is 12.7 Å². The molecule has 0 bridgehead atoms. The second-order valence-electron chi connectivity index (χ2n) is 4.53. The predicted molar refractivity (Wildman–Crippen MR) is 73.6 cm³/mol. The molecule has 1 amide bonds. The van der Waals surface area contributed by atoms with E-state index < -0.39 is 5.91 Å². The van der Waals surface area contributed by atoms with Gasteiger partial charge in [-0.3, -0.25) is 10.2 Å². The SMILES string of the molecule is Cc1cc(CN(C)c2cccc(F)c2)oc1C(=O)NN. The smallest absolute Gasteiger partial charge is 0.301 e. The zero-order valence-electron chi connectivity index (χ0n) is 11.3. The molecule has 6 heteroatoms. The number of nitrogens with two attached hydrogens (primary N) is 1. The van der Waals surface area contributed by atoms with Crippen molar-refractivity contribution in [2.24, 2.45) is 5.84 Å². The number of halogens is 1. The molecule has 0 radical (unpaired) electrons. The minimum atomic E-state index is -0.470. The van der Waals surface area contributed by atoms with Crippen LogP contribution >= 0.6 is 0 Å². The summed E-state index contributed by atoms with van der Waals surface area (Å²) in [5, 5.41) is 0. The number of benzene rings is 1. The molecular formula is C14H16FN3O2. The van der Waals surface area contributed by atoms with Gasteiger partial charge in [0.25, 0.3) is 0 Å². The number of furan rings is 1. The highest BCUT2D eigenvalue weighted by atomic mass is 19.1. The Morgan fingerprint density at radius 2 is 2.20 bits per heavy atom. The van der Waals surface area contributed by atoms with E-state index in [2.05, 4.69) is 0 Å². The lowest BCUT2D eigenvalue weighted by Gasteiger charge is -2.17. The quantitative estimate of drug-likeness (QED) is 0.509. The Bertz CT molecular complexity index is 625. The number of hydrogen-bond donors (Lipinski definition) is 2. The van der Waals surface area contributed by atoms with Gasteiger partial charge in [-0.25, -0.2) is 10.2 Å². The Morgan fingerprint density at radius 3 is 2.85 bits per heavy atom. The third-order valence-corrected chi connectivity index (χ3v) is 2.95. The number of nitrogens with one attached hydrogen (secondary N) is 1. The second kappa shape index (κ2) is 5.75. The molecule has 0 unspecified atom stereocenters. The summed E-state index contributed by atoms with van der Waals surface area (Å²) in [6, 6.07) is 8.02. The van der Waals surface area contributed by atoms with Crippen LogP contribution in [0.15, 0.2) is 34.7 Å². The average Bonchev–Trinajstić information content (AvgIpc) is 2.78. The van der Waals surface area contributed by atoms with Crippen molar-refractivity contribution in [3.05, 3.63) is 53.2 Å². The number of hydrogen-bond acceptors (Lipinski definition) is 4. The van der Waals surface area contributed by atoms with Crippen molar-refractivity contribution in [3.63, 3.8) is 0 Å². The van der Waals surface area contributed by atoms with Gasteiger partial charge in [0.05, 0.1) is 6.54 Å². The molecule has 0 aliphatic rings. The molecule has 2 rings (SSSR count). The number of carbonyl (C=O) groups excluding carboxylic acids is 1. The van der Waals surface area contributed by atoms with E-state index in [1.54, 1.807) is 25.1 Å². The zero-order chi connectivity index (χ0) is 14.7. The fraction of sp³-hybridized carbons (Fsp3) is 0.214. The van der Waals surface area contributed by atoms with E-state index >= 15 is 0 Å². The first-order chi connectivity index (χ1) is 9.51. The molecule has 1 aromatic heterocycles. The maximum absolute atomic E-state index is 13.2. The van der Waals surface area contributed by atoms with Gasteiger partial charge < -0.3 is 9.32 Å². The maximum Gasteiger partial charge on any atom is 0.301 e. The summed E-state index contributed by atoms with van der Waals surface area (Å²) >= 11 is 0. The van der Waals surface area contributed by atoms with E-state index in [1.807, 2.05) is 17.4 Å². The summed E-state index contributed by atoms with van der Waals surface area (Å²) in [5.41, 5.74) is 3.46. The second-order valence-corrected chi connectivity index (χ2v) is 4.53. The largest absolute Gasteiger partial charge is 0.454 e. The highest BCUT2D eigenvalue weighted by Crippen LogP contribution is 2.20. The van der Waals surface area contributed by atoms with Gasteiger partial charge in [-0.1, -0.05) is 6.07 Å². The van der Waals surface area contributed by atoms with Gasteiger partial charge in [0.1, 0.15) is 11.6 Å². The van der Waals surface area contributed by atoms with Crippen molar-refractivity contribution in [1.29, 1.82) is 0 Å². The molecule has 0 saturated carbocycles. The molecule has 106 valence electrons. The zero-order valence-corrected chi connectivity index (χ0v) is 11.3. The van der Waals surface area contributed by atoms with Gasteiger partial charge in [-0.2, -0.15) is 0 Å². The monoisotopic (exact) mass is 277 g/mol. The summed E-state index contributed by atoms with van der Waals surface area (Å²) in [7, 11) is 1.81. The van der Waals surface area contributed by atoms with E-state index in [4.69, 9.17) is 10.3 Å². The van der Waals surface area contributed by atoms with Gasteiger partial charge in [0.15, 0.2) is 5.76 Å². The van der Waals surface area contributed by atoms with Crippen molar-refractivity contribution < 1.29 is 13.6 Å². The highest BCUT2D eigenvalue weighted by molar-refractivity contribution is 5.92. The van der Waals surface area contributed by atoms with Crippen LogP contribution in [-0.2, 0) is 6.54 Å². The number of rotatable bonds is 4. The lowest BCUT2D eigenvalue weighted by atomic mass is 10.2. The number of hydrazine groups is 1. The van der Waals surface area contributed by atoms with E-state index in [9.17, 15) is 9.18 Å². The molecular weight excluding hydrogens is 261 g/mol. The van der Waals surface area contributed by atoms with Crippen LogP contribution in [0.2, 0.25) is 0 Å². The topological polar surface area (TPSA) is 71.5 Å². The third-order valence-electron chi connectivity index (χ3n) is 2.95. The van der Waals surface area contributed by atoms with Gasteiger partial charge in [0.2, 0.25) is 0 Å². The van der Waals surface area contributed by atoms with E-state index in [-0.39, 0.29) is 11.6 Å². The molecule has 0 spiro atoms. The van der Waals surface area contributed by atoms with E-state index in [0.29, 0.717) is 17.9 Å². The molecule has 3 N–H and O–H groups in total. The minimum Gasteiger partial charge on any atom is -0.454 e. The molecule has 20 heavy (non-hydrogen) atoms. The summed E-state index contributed by atoms with van der Waals surface area (Å²) in [6.45, 7) is 2.18. The van der Waals surface area contributed by atoms with Crippen molar-refractivity contribution in [2.75, 3.05) is 11.9 Å². The summed E-state index contributed by atoms with van der Waals surface area (Å²) in [5.74, 6) is 5.11. The van der Waals surface area contributed by atoms with Crippen molar-refractivity contribution in [1.82, 2.24) is 5.43 Å². The molecule has 1 heterocycles. The number of carbonyl (C=O) groups is 1. The lowest BCUT2D eigenvalue weighted by Crippen LogP contribution is -2.30. The molecule has 0 saturated heterocycles. The van der Waals surface area contributed by atoms with Crippen molar-refractivity contribution in [3.8, 4) is 0 Å². The third kappa shape index (κ3) is 2.97. The van der Waals surface area contributed by atoms with Crippen LogP contribution < -0.4 is 16.2 Å². The molecule has 0 aliphatic carbocycles. The molecule has 0 fully saturated rings. The predicted octanol–water partition coefficient (Wildman–Crippen LogP) is 1.97. The van der Waals surface area contributed by atoms with E-state index in [1.165, 1.54) is 12.1 Å². The molecule has 5 nitrogen and oxygen atoms in total. The van der Waals surface area contributed by atoms with Crippen LogP contribution in [0.4, 0.5) is 10.1 Å². The van der Waals surface area contributed by atoms with Crippen LogP contribution in [0.1, 0.15) is 21.9 Å². The first-order valence-corrected chi connectivity index (χ1v) is 6.08. The number of anilines is 1. The molecule has 1 aromatic carbocycles. The van der Waals surface area contributed by atoms with E-state index in [0.717, 1.165) is 5.69 Å². The van der Waals surface area contributed by atoms with Crippen LogP contribution in [0.3, 0.4) is 0 Å². The van der Waals surface area contributed by atoms with Crippen molar-refractivity contribution in [2.45, 2.75) is 13.5 Å².